The van der Waals surface area contributed by atoms with Crippen molar-refractivity contribution in [1.29, 1.82) is 0 Å². The zero-order valence-electron chi connectivity index (χ0n) is 9.79. The maximum Gasteiger partial charge on any atom is 0.161 e. The molecule has 2 atom stereocenters. The van der Waals surface area contributed by atoms with E-state index in [0.29, 0.717) is 6.04 Å². The molecule has 2 aliphatic heterocycles. The van der Waals surface area contributed by atoms with Crippen LogP contribution in [0.4, 0.5) is 0 Å². The van der Waals surface area contributed by atoms with Crippen molar-refractivity contribution in [3.63, 3.8) is 0 Å². The topological polar surface area (TPSA) is 17.1 Å². The van der Waals surface area contributed by atoms with E-state index in [1.54, 1.807) is 6.92 Å². The molecule has 1 saturated heterocycles. The lowest BCUT2D eigenvalue weighted by Gasteiger charge is -2.36. The van der Waals surface area contributed by atoms with Crippen LogP contribution in [0.5, 0.6) is 0 Å². The third-order valence-corrected chi connectivity index (χ3v) is 4.15. The molecule has 0 aromatic heterocycles. The molecule has 0 amide bonds. The molecule has 0 aliphatic carbocycles. The molecule has 2 heterocycles. The van der Waals surface area contributed by atoms with Crippen LogP contribution in [0.15, 0.2) is 11.6 Å². The van der Waals surface area contributed by atoms with Gasteiger partial charge in [-0.25, -0.2) is 0 Å². The number of quaternary nitrogens is 1. The molecule has 0 N–H and O–H groups in total. The van der Waals surface area contributed by atoms with Gasteiger partial charge in [0.25, 0.3) is 0 Å². The highest BCUT2D eigenvalue weighted by molar-refractivity contribution is 5.94. The van der Waals surface area contributed by atoms with Crippen molar-refractivity contribution in [3.05, 3.63) is 11.6 Å². The maximum absolute atomic E-state index is 11.5. The molecule has 2 rings (SSSR count). The van der Waals surface area contributed by atoms with Gasteiger partial charge in [0.05, 0.1) is 20.1 Å². The molecule has 1 fully saturated rings. The fourth-order valence-corrected chi connectivity index (χ4v) is 3.21. The lowest BCUT2D eigenvalue weighted by molar-refractivity contribution is -0.919. The van der Waals surface area contributed by atoms with Gasteiger partial charge >= 0.3 is 0 Å². The summed E-state index contributed by atoms with van der Waals surface area (Å²) in [6.07, 6.45) is 7.02. The Morgan fingerprint density at radius 3 is 2.60 bits per heavy atom. The van der Waals surface area contributed by atoms with E-state index in [2.05, 4.69) is 20.2 Å². The number of halogens is 1. The second-order valence-electron chi connectivity index (χ2n) is 5.17. The highest BCUT2D eigenvalue weighted by atomic mass is 127. The average Bonchev–Trinajstić information content (AvgIpc) is 2.20. The van der Waals surface area contributed by atoms with E-state index >= 15 is 0 Å². The third kappa shape index (κ3) is 2.13. The Hall–Kier alpha value is 0.1000. The summed E-state index contributed by atoms with van der Waals surface area (Å²) in [4.78, 5) is 11.5. The highest BCUT2D eigenvalue weighted by Gasteiger charge is 2.46. The maximum atomic E-state index is 11.5. The van der Waals surface area contributed by atoms with Crippen LogP contribution in [0.2, 0.25) is 0 Å². The van der Waals surface area contributed by atoms with E-state index in [9.17, 15) is 4.79 Å². The summed E-state index contributed by atoms with van der Waals surface area (Å²) in [5.41, 5.74) is 1.09. The van der Waals surface area contributed by atoms with Gasteiger partial charge in [0.2, 0.25) is 0 Å². The summed E-state index contributed by atoms with van der Waals surface area (Å²) in [5, 5.41) is 0. The molecule has 3 heteroatoms. The number of allylic oxidation sites excluding steroid dienone is 1. The van der Waals surface area contributed by atoms with Crippen LogP contribution in [0.3, 0.4) is 0 Å². The van der Waals surface area contributed by atoms with E-state index < -0.39 is 0 Å². The van der Waals surface area contributed by atoms with Crippen LogP contribution < -0.4 is 24.0 Å². The van der Waals surface area contributed by atoms with Crippen molar-refractivity contribution in [3.8, 4) is 0 Å². The number of likely N-dealkylation sites (N-methyl/N-ethyl adjacent to an activating group) is 1. The van der Waals surface area contributed by atoms with Gasteiger partial charge in [-0.15, -0.1) is 0 Å². The molecular weight excluding hydrogens is 301 g/mol. The Kier molecular flexibility index (Phi) is 3.98. The molecular formula is C12H20INO. The van der Waals surface area contributed by atoms with Crippen LogP contribution in [-0.4, -0.2) is 36.4 Å². The second kappa shape index (κ2) is 4.53. The fourth-order valence-electron chi connectivity index (χ4n) is 3.21. The van der Waals surface area contributed by atoms with Crippen molar-refractivity contribution in [2.24, 2.45) is 0 Å². The third-order valence-electron chi connectivity index (χ3n) is 4.15. The Morgan fingerprint density at radius 2 is 2.00 bits per heavy atom. The summed E-state index contributed by atoms with van der Waals surface area (Å²) in [5.74, 6) is 0.281. The fraction of sp³-hybridized carbons (Fsp3) is 0.750. The highest BCUT2D eigenvalue weighted by Crippen LogP contribution is 2.38. The molecule has 2 aliphatic rings. The van der Waals surface area contributed by atoms with Gasteiger partial charge in [-0.05, 0) is 13.3 Å². The number of nitrogens with zero attached hydrogens (tertiary/aromatic N) is 1. The molecule has 0 aromatic carbocycles. The van der Waals surface area contributed by atoms with Crippen LogP contribution >= 0.6 is 0 Å². The largest absolute Gasteiger partial charge is 1.00 e. The smallest absolute Gasteiger partial charge is 0.161 e. The van der Waals surface area contributed by atoms with E-state index in [4.69, 9.17) is 0 Å². The van der Waals surface area contributed by atoms with Crippen LogP contribution in [0.25, 0.3) is 0 Å². The van der Waals surface area contributed by atoms with Gasteiger partial charge in [-0.2, -0.15) is 0 Å². The molecule has 0 radical (unpaired) electrons. The Labute approximate surface area is 109 Å². The standard InChI is InChI=1S/C12H20NO.HI/c1-9(14)11-6-4-5-10-7-8-12(11)13(10,2)3;/h6,10,12H,4-5,7-8H2,1-3H3;1H/q+1;/p-1/t10-,12-;/m1./s1. The van der Waals surface area contributed by atoms with Gasteiger partial charge in [0, 0.05) is 24.8 Å². The molecule has 15 heavy (non-hydrogen) atoms. The first-order valence-electron chi connectivity index (χ1n) is 5.58. The Bertz CT molecular complexity index is 296. The van der Waals surface area contributed by atoms with Crippen molar-refractivity contribution < 1.29 is 33.3 Å². The van der Waals surface area contributed by atoms with Crippen molar-refractivity contribution in [1.82, 2.24) is 0 Å². The molecule has 0 saturated carbocycles. The van der Waals surface area contributed by atoms with E-state index in [0.717, 1.165) is 22.5 Å². The van der Waals surface area contributed by atoms with Gasteiger partial charge in [0.1, 0.15) is 6.04 Å². The van der Waals surface area contributed by atoms with E-state index in [-0.39, 0.29) is 29.8 Å². The van der Waals surface area contributed by atoms with Gasteiger partial charge < -0.3 is 28.5 Å². The van der Waals surface area contributed by atoms with Crippen molar-refractivity contribution in [2.45, 2.75) is 44.7 Å². The summed E-state index contributed by atoms with van der Waals surface area (Å²) >= 11 is 0. The van der Waals surface area contributed by atoms with Gasteiger partial charge in [0.15, 0.2) is 5.78 Å². The number of rotatable bonds is 1. The average molecular weight is 321 g/mol. The first-order valence-corrected chi connectivity index (χ1v) is 5.58. The lowest BCUT2D eigenvalue weighted by Crippen LogP contribution is -3.00. The summed E-state index contributed by atoms with van der Waals surface area (Å²) in [6.45, 7) is 1.71. The minimum Gasteiger partial charge on any atom is -1.00 e. The Morgan fingerprint density at radius 1 is 1.33 bits per heavy atom. The number of carbonyl (C=O) groups is 1. The van der Waals surface area contributed by atoms with Crippen LogP contribution in [0, 0.1) is 0 Å². The molecule has 2 bridgehead atoms. The zero-order valence-corrected chi connectivity index (χ0v) is 12.0. The summed E-state index contributed by atoms with van der Waals surface area (Å²) in [7, 11) is 4.56. The van der Waals surface area contributed by atoms with E-state index in [1.807, 2.05) is 0 Å². The van der Waals surface area contributed by atoms with Crippen LogP contribution in [-0.2, 0) is 4.79 Å². The molecule has 2 nitrogen and oxygen atoms in total. The van der Waals surface area contributed by atoms with Crippen molar-refractivity contribution in [2.75, 3.05) is 14.1 Å². The van der Waals surface area contributed by atoms with Gasteiger partial charge in [-0.3, -0.25) is 4.79 Å². The monoisotopic (exact) mass is 321 g/mol. The number of hydrogen-bond acceptors (Lipinski definition) is 1. The summed E-state index contributed by atoms with van der Waals surface area (Å²) in [6, 6.07) is 1.24. The Balaban J connectivity index is 0.00000112. The van der Waals surface area contributed by atoms with Gasteiger partial charge in [-0.1, -0.05) is 6.08 Å². The minimum absolute atomic E-state index is 0. The molecule has 86 valence electrons. The number of hydrogen-bond donors (Lipinski definition) is 0. The lowest BCUT2D eigenvalue weighted by atomic mass is 9.97. The van der Waals surface area contributed by atoms with Crippen molar-refractivity contribution >= 4 is 5.78 Å². The predicted octanol–water partition coefficient (Wildman–Crippen LogP) is -1.09. The normalized spacial score (nSPS) is 32.6. The number of ketones is 1. The summed E-state index contributed by atoms with van der Waals surface area (Å²) < 4.78 is 1.03. The predicted molar refractivity (Wildman–Crippen MR) is 56.9 cm³/mol. The first kappa shape index (κ1) is 13.2. The number of carbonyl (C=O) groups excluding carboxylic acids is 1. The second-order valence-corrected chi connectivity index (χ2v) is 5.17. The number of fused-ring (bicyclic) bond motifs is 2. The molecule has 0 spiro atoms. The quantitative estimate of drug-likeness (QED) is 0.443. The first-order chi connectivity index (χ1) is 6.53. The molecule has 0 aromatic rings. The number of Topliss-reactive ketones (excluding diaryl/α,β-unsaturated/α-hetero) is 1. The SMILES string of the molecule is CC(=O)C1=CCC[C@@H]2CC[C@H]1[N+]2(C)C.[I-]. The van der Waals surface area contributed by atoms with E-state index in [1.165, 1.54) is 19.3 Å². The zero-order chi connectivity index (χ0) is 10.3. The van der Waals surface area contributed by atoms with Crippen LogP contribution in [0.1, 0.15) is 32.6 Å². The minimum atomic E-state index is 0. The molecule has 0 unspecified atom stereocenters.